The highest BCUT2D eigenvalue weighted by Gasteiger charge is 2.33. The van der Waals surface area contributed by atoms with Crippen LogP contribution in [-0.4, -0.2) is 35.5 Å². The quantitative estimate of drug-likeness (QED) is 0.732. The Labute approximate surface area is 166 Å². The summed E-state index contributed by atoms with van der Waals surface area (Å²) in [5.74, 6) is -0.768. The summed E-state index contributed by atoms with van der Waals surface area (Å²) < 4.78 is 52.2. The molecule has 1 fully saturated rings. The van der Waals surface area contributed by atoms with Crippen molar-refractivity contribution in [2.45, 2.75) is 31.5 Å². The Bertz CT molecular complexity index is 845. The van der Waals surface area contributed by atoms with Crippen LogP contribution in [0.15, 0.2) is 42.5 Å². The van der Waals surface area contributed by atoms with Crippen LogP contribution in [0.25, 0.3) is 0 Å². The zero-order valence-electron chi connectivity index (χ0n) is 15.7. The fraction of sp³-hybridized carbons (Fsp3) is 0.381. The molecule has 156 valence electrons. The van der Waals surface area contributed by atoms with E-state index in [9.17, 15) is 27.5 Å². The number of carbonyl (C=O) groups is 1. The summed E-state index contributed by atoms with van der Waals surface area (Å²) in [4.78, 5) is 14.1. The molecule has 1 aliphatic rings. The first-order chi connectivity index (χ1) is 13.7. The van der Waals surface area contributed by atoms with Crippen LogP contribution in [0.2, 0.25) is 0 Å². The molecule has 29 heavy (non-hydrogen) atoms. The molecule has 0 saturated carbocycles. The van der Waals surface area contributed by atoms with E-state index < -0.39 is 17.6 Å². The second-order valence-corrected chi connectivity index (χ2v) is 7.22. The summed E-state index contributed by atoms with van der Waals surface area (Å²) in [7, 11) is 0. The topological polar surface area (TPSA) is 52.6 Å². The highest BCUT2D eigenvalue weighted by Crippen LogP contribution is 2.32. The molecule has 1 heterocycles. The van der Waals surface area contributed by atoms with Crippen molar-refractivity contribution in [3.8, 4) is 5.75 Å². The first kappa shape index (κ1) is 21.1. The number of hydrogen-bond donors (Lipinski definition) is 2. The van der Waals surface area contributed by atoms with Gasteiger partial charge < -0.3 is 10.4 Å². The number of phenols is 1. The van der Waals surface area contributed by atoms with Crippen molar-refractivity contribution in [2.24, 2.45) is 0 Å². The van der Waals surface area contributed by atoms with Gasteiger partial charge in [0.1, 0.15) is 11.6 Å². The van der Waals surface area contributed by atoms with Gasteiger partial charge in [0.25, 0.3) is 0 Å². The van der Waals surface area contributed by atoms with Crippen LogP contribution in [0.3, 0.4) is 0 Å². The maximum absolute atomic E-state index is 13.2. The fourth-order valence-corrected chi connectivity index (χ4v) is 3.59. The van der Waals surface area contributed by atoms with E-state index in [1.807, 2.05) is 17.0 Å². The number of carbonyl (C=O) groups excluding carboxylic acids is 1. The van der Waals surface area contributed by atoms with Crippen molar-refractivity contribution in [2.75, 3.05) is 19.6 Å². The van der Waals surface area contributed by atoms with Crippen LogP contribution in [0, 0.1) is 5.82 Å². The summed E-state index contributed by atoms with van der Waals surface area (Å²) in [6.45, 7) is 1.19. The minimum absolute atomic E-state index is 0.102. The van der Waals surface area contributed by atoms with E-state index in [2.05, 4.69) is 5.32 Å². The van der Waals surface area contributed by atoms with Crippen molar-refractivity contribution in [1.82, 2.24) is 10.2 Å². The Kier molecular flexibility index (Phi) is 6.42. The Morgan fingerprint density at radius 1 is 1.10 bits per heavy atom. The Morgan fingerprint density at radius 2 is 1.76 bits per heavy atom. The monoisotopic (exact) mass is 410 g/mol. The van der Waals surface area contributed by atoms with Gasteiger partial charge in [0.05, 0.1) is 12.1 Å². The van der Waals surface area contributed by atoms with Gasteiger partial charge in [-0.3, -0.25) is 9.69 Å². The summed E-state index contributed by atoms with van der Waals surface area (Å²) in [5, 5.41) is 11.9. The summed E-state index contributed by atoms with van der Waals surface area (Å²) >= 11 is 0. The van der Waals surface area contributed by atoms with Gasteiger partial charge in [-0.1, -0.05) is 18.2 Å². The number of hydrogen-bond acceptors (Lipinski definition) is 3. The molecular weight excluding hydrogens is 388 g/mol. The molecule has 0 aliphatic carbocycles. The number of amides is 1. The predicted molar refractivity (Wildman–Crippen MR) is 99.8 cm³/mol. The van der Waals surface area contributed by atoms with Crippen LogP contribution in [0.1, 0.15) is 35.4 Å². The van der Waals surface area contributed by atoms with Crippen LogP contribution in [0.5, 0.6) is 5.75 Å². The number of alkyl halides is 3. The summed E-state index contributed by atoms with van der Waals surface area (Å²) in [6.07, 6.45) is -2.97. The molecule has 2 N–H and O–H groups in total. The number of halogens is 4. The maximum Gasteiger partial charge on any atom is 0.416 e. The van der Waals surface area contributed by atoms with E-state index in [-0.39, 0.29) is 30.3 Å². The van der Waals surface area contributed by atoms with E-state index >= 15 is 0 Å². The normalized spacial score (nSPS) is 16.0. The number of benzene rings is 2. The molecule has 0 spiro atoms. The molecule has 0 aromatic heterocycles. The van der Waals surface area contributed by atoms with Crippen LogP contribution in [0.4, 0.5) is 17.6 Å². The minimum atomic E-state index is -4.68. The molecule has 4 nitrogen and oxygen atoms in total. The molecule has 2 aromatic rings. The van der Waals surface area contributed by atoms with E-state index in [4.69, 9.17) is 0 Å². The molecule has 0 unspecified atom stereocenters. The van der Waals surface area contributed by atoms with E-state index in [0.717, 1.165) is 30.5 Å². The number of nitrogens with one attached hydrogen (secondary N) is 1. The van der Waals surface area contributed by atoms with Gasteiger partial charge in [0.2, 0.25) is 5.91 Å². The lowest BCUT2D eigenvalue weighted by molar-refractivity contribution is -0.138. The lowest BCUT2D eigenvalue weighted by atomic mass is 9.89. The third-order valence-electron chi connectivity index (χ3n) is 5.17. The van der Waals surface area contributed by atoms with Crippen LogP contribution >= 0.6 is 0 Å². The third-order valence-corrected chi connectivity index (χ3v) is 5.17. The first-order valence-corrected chi connectivity index (χ1v) is 9.36. The number of piperidine rings is 1. The second-order valence-electron chi connectivity index (χ2n) is 7.22. The fourth-order valence-electron chi connectivity index (χ4n) is 3.59. The van der Waals surface area contributed by atoms with Crippen molar-refractivity contribution in [1.29, 1.82) is 0 Å². The zero-order chi connectivity index (χ0) is 21.0. The zero-order valence-corrected chi connectivity index (χ0v) is 15.7. The van der Waals surface area contributed by atoms with Crippen LogP contribution < -0.4 is 5.32 Å². The predicted octanol–water partition coefficient (Wildman–Crippen LogP) is 4.05. The number of nitrogens with zero attached hydrogens (tertiary/aromatic N) is 1. The third kappa shape index (κ3) is 5.69. The average Bonchev–Trinajstić information content (AvgIpc) is 2.67. The van der Waals surface area contributed by atoms with Gasteiger partial charge in [0.15, 0.2) is 0 Å². The second kappa shape index (κ2) is 8.82. The molecule has 1 saturated heterocycles. The van der Waals surface area contributed by atoms with Gasteiger partial charge >= 0.3 is 6.18 Å². The molecular formula is C21H22F4N2O2. The van der Waals surface area contributed by atoms with Gasteiger partial charge in [-0.2, -0.15) is 13.2 Å². The number of rotatable bonds is 5. The van der Waals surface area contributed by atoms with E-state index in [0.29, 0.717) is 25.1 Å². The lowest BCUT2D eigenvalue weighted by Gasteiger charge is -2.31. The highest BCUT2D eigenvalue weighted by atomic mass is 19.4. The van der Waals surface area contributed by atoms with Gasteiger partial charge in [0, 0.05) is 6.54 Å². The highest BCUT2D eigenvalue weighted by molar-refractivity contribution is 5.78. The van der Waals surface area contributed by atoms with Crippen LogP contribution in [-0.2, 0) is 17.5 Å². The molecule has 0 bridgehead atoms. The number of likely N-dealkylation sites (tertiary alicyclic amines) is 1. The number of phenolic OH excluding ortho intramolecular Hbond substituents is 1. The number of aromatic hydroxyl groups is 1. The lowest BCUT2D eigenvalue weighted by Crippen LogP contribution is -2.41. The molecule has 1 aliphatic heterocycles. The molecule has 8 heteroatoms. The van der Waals surface area contributed by atoms with E-state index in [1.165, 1.54) is 0 Å². The molecule has 2 aromatic carbocycles. The Hall–Kier alpha value is -2.61. The maximum atomic E-state index is 13.2. The van der Waals surface area contributed by atoms with Crippen molar-refractivity contribution < 1.29 is 27.5 Å². The molecule has 0 atom stereocenters. The SMILES string of the molecule is O=C(CN1CCC(c2ccc(O)cc2)CC1)NCc1ccc(F)cc1C(F)(F)F. The summed E-state index contributed by atoms with van der Waals surface area (Å²) in [6, 6.07) is 9.52. The molecule has 1 amide bonds. The minimum Gasteiger partial charge on any atom is -0.508 e. The first-order valence-electron chi connectivity index (χ1n) is 9.36. The van der Waals surface area contributed by atoms with Gasteiger partial charge in [-0.05, 0) is 67.2 Å². The van der Waals surface area contributed by atoms with Crippen molar-refractivity contribution >= 4 is 5.91 Å². The van der Waals surface area contributed by atoms with Gasteiger partial charge in [-0.25, -0.2) is 4.39 Å². The summed E-state index contributed by atoms with van der Waals surface area (Å²) in [5.41, 5.74) is -0.103. The Balaban J connectivity index is 1.49. The van der Waals surface area contributed by atoms with Crippen molar-refractivity contribution in [3.63, 3.8) is 0 Å². The molecule has 0 radical (unpaired) electrons. The Morgan fingerprint density at radius 3 is 2.38 bits per heavy atom. The van der Waals surface area contributed by atoms with E-state index in [1.54, 1.807) is 12.1 Å². The standard InChI is InChI=1S/C21H22F4N2O2/c22-17-4-1-16(19(11-17)21(23,24)25)12-26-20(29)13-27-9-7-15(8-10-27)14-2-5-18(28)6-3-14/h1-6,11,15,28H,7-10,12-13H2,(H,26,29). The van der Waals surface area contributed by atoms with Crippen molar-refractivity contribution in [3.05, 3.63) is 65.0 Å². The average molecular weight is 410 g/mol. The largest absolute Gasteiger partial charge is 0.508 e. The molecule has 3 rings (SSSR count). The van der Waals surface area contributed by atoms with Gasteiger partial charge in [-0.15, -0.1) is 0 Å². The smallest absolute Gasteiger partial charge is 0.416 e.